The van der Waals surface area contributed by atoms with Crippen molar-refractivity contribution in [1.82, 2.24) is 14.9 Å². The van der Waals surface area contributed by atoms with E-state index in [1.54, 1.807) is 23.5 Å². The Kier molecular flexibility index (Phi) is 3.57. The number of pyridine rings is 1. The van der Waals surface area contributed by atoms with Gasteiger partial charge in [-0.1, -0.05) is 0 Å². The fourth-order valence-corrected chi connectivity index (χ4v) is 2.39. The Morgan fingerprint density at radius 3 is 2.94 bits per heavy atom. The highest BCUT2D eigenvalue weighted by atomic mass is 32.1. The van der Waals surface area contributed by atoms with Gasteiger partial charge in [0.2, 0.25) is 5.56 Å². The number of aromatic nitrogens is 2. The highest BCUT2D eigenvalue weighted by Gasteiger charge is 2.14. The van der Waals surface area contributed by atoms with Crippen molar-refractivity contribution in [2.75, 3.05) is 7.05 Å². The molecule has 2 rings (SSSR count). The van der Waals surface area contributed by atoms with Crippen molar-refractivity contribution >= 4 is 17.2 Å². The number of H-pyrrole nitrogens is 1. The number of amides is 1. The van der Waals surface area contributed by atoms with Crippen molar-refractivity contribution in [3.8, 4) is 0 Å². The first-order valence-electron chi connectivity index (χ1n) is 5.41. The normalized spacial score (nSPS) is 10.3. The molecule has 2 aromatic heterocycles. The summed E-state index contributed by atoms with van der Waals surface area (Å²) in [4.78, 5) is 32.5. The van der Waals surface area contributed by atoms with Crippen molar-refractivity contribution in [2.45, 2.75) is 13.5 Å². The van der Waals surface area contributed by atoms with E-state index >= 15 is 0 Å². The summed E-state index contributed by atoms with van der Waals surface area (Å²) in [6.45, 7) is 2.42. The first kappa shape index (κ1) is 12.5. The van der Waals surface area contributed by atoms with Crippen LogP contribution in [0.1, 0.15) is 20.9 Å². The SMILES string of the molecule is Cc1ncsc1CN(C)C(=O)c1cc[nH]c(=O)c1. The molecule has 2 aromatic rings. The highest BCUT2D eigenvalue weighted by molar-refractivity contribution is 7.09. The summed E-state index contributed by atoms with van der Waals surface area (Å²) in [5.74, 6) is -0.172. The van der Waals surface area contributed by atoms with E-state index in [-0.39, 0.29) is 11.5 Å². The third-order valence-electron chi connectivity index (χ3n) is 2.59. The van der Waals surface area contributed by atoms with Crippen LogP contribution in [0.3, 0.4) is 0 Å². The zero-order valence-electron chi connectivity index (χ0n) is 10.1. The van der Waals surface area contributed by atoms with Crippen molar-refractivity contribution in [3.63, 3.8) is 0 Å². The van der Waals surface area contributed by atoms with E-state index in [0.29, 0.717) is 12.1 Å². The summed E-state index contributed by atoms with van der Waals surface area (Å²) < 4.78 is 0. The second kappa shape index (κ2) is 5.14. The van der Waals surface area contributed by atoms with E-state index < -0.39 is 0 Å². The molecule has 0 aromatic carbocycles. The van der Waals surface area contributed by atoms with Gasteiger partial charge in [0, 0.05) is 29.8 Å². The molecule has 0 unspecified atom stereocenters. The fraction of sp³-hybridized carbons (Fsp3) is 0.250. The van der Waals surface area contributed by atoms with Crippen LogP contribution in [0.15, 0.2) is 28.6 Å². The predicted molar refractivity (Wildman–Crippen MR) is 69.7 cm³/mol. The third-order valence-corrected chi connectivity index (χ3v) is 3.51. The molecule has 0 saturated carbocycles. The van der Waals surface area contributed by atoms with Gasteiger partial charge in [0.15, 0.2) is 0 Å². The standard InChI is InChI=1S/C12H13N3O2S/c1-8-10(18-7-14-8)6-15(2)12(17)9-3-4-13-11(16)5-9/h3-5,7H,6H2,1-2H3,(H,13,16). The second-order valence-electron chi connectivity index (χ2n) is 3.96. The summed E-state index contributed by atoms with van der Waals surface area (Å²) in [5.41, 5.74) is 2.81. The van der Waals surface area contributed by atoms with Crippen LogP contribution in [0.4, 0.5) is 0 Å². The average Bonchev–Trinajstić information content (AvgIpc) is 2.74. The van der Waals surface area contributed by atoms with Gasteiger partial charge in [0.05, 0.1) is 17.7 Å². The Labute approximate surface area is 108 Å². The number of nitrogens with zero attached hydrogens (tertiary/aromatic N) is 2. The van der Waals surface area contributed by atoms with E-state index in [4.69, 9.17) is 0 Å². The number of rotatable bonds is 3. The Bertz CT molecular complexity index is 618. The van der Waals surface area contributed by atoms with Crippen molar-refractivity contribution in [2.24, 2.45) is 0 Å². The third kappa shape index (κ3) is 2.65. The number of carbonyl (C=O) groups excluding carboxylic acids is 1. The van der Waals surface area contributed by atoms with Gasteiger partial charge >= 0.3 is 0 Å². The number of carbonyl (C=O) groups is 1. The fourth-order valence-electron chi connectivity index (χ4n) is 1.56. The lowest BCUT2D eigenvalue weighted by molar-refractivity contribution is 0.0786. The zero-order valence-corrected chi connectivity index (χ0v) is 11.0. The molecule has 6 heteroatoms. The van der Waals surface area contributed by atoms with Crippen LogP contribution in [0, 0.1) is 6.92 Å². The van der Waals surface area contributed by atoms with E-state index in [0.717, 1.165) is 10.6 Å². The van der Waals surface area contributed by atoms with Crippen molar-refractivity contribution < 1.29 is 4.79 Å². The summed E-state index contributed by atoms with van der Waals surface area (Å²) >= 11 is 1.52. The Balaban J connectivity index is 2.14. The molecule has 1 amide bonds. The molecule has 0 fully saturated rings. The topological polar surface area (TPSA) is 66.1 Å². The molecule has 0 aliphatic rings. The second-order valence-corrected chi connectivity index (χ2v) is 4.90. The molecule has 0 aliphatic carbocycles. The number of thiazole rings is 1. The maximum atomic E-state index is 12.1. The van der Waals surface area contributed by atoms with E-state index in [9.17, 15) is 9.59 Å². The minimum atomic E-state index is -0.275. The molecule has 0 atom stereocenters. The van der Waals surface area contributed by atoms with Crippen LogP contribution in [0.2, 0.25) is 0 Å². The quantitative estimate of drug-likeness (QED) is 0.910. The Morgan fingerprint density at radius 1 is 1.56 bits per heavy atom. The lowest BCUT2D eigenvalue weighted by atomic mass is 10.2. The number of hydrogen-bond acceptors (Lipinski definition) is 4. The minimum Gasteiger partial charge on any atom is -0.336 e. The van der Waals surface area contributed by atoms with Gasteiger partial charge in [0.1, 0.15) is 0 Å². The molecule has 1 N–H and O–H groups in total. The average molecular weight is 263 g/mol. The van der Waals surface area contributed by atoms with E-state index in [1.165, 1.54) is 23.6 Å². The minimum absolute atomic E-state index is 0.172. The van der Waals surface area contributed by atoms with E-state index in [1.807, 2.05) is 6.92 Å². The van der Waals surface area contributed by atoms with Gasteiger partial charge in [-0.2, -0.15) is 0 Å². The molecule has 0 saturated heterocycles. The van der Waals surface area contributed by atoms with Crippen LogP contribution in [0.5, 0.6) is 0 Å². The van der Waals surface area contributed by atoms with Crippen LogP contribution in [-0.2, 0) is 6.54 Å². The molecule has 2 heterocycles. The molecule has 0 aliphatic heterocycles. The van der Waals surface area contributed by atoms with Crippen molar-refractivity contribution in [1.29, 1.82) is 0 Å². The summed E-state index contributed by atoms with van der Waals surface area (Å²) in [5, 5.41) is 0. The molecule has 94 valence electrons. The zero-order chi connectivity index (χ0) is 13.1. The molecule has 0 bridgehead atoms. The summed E-state index contributed by atoms with van der Waals surface area (Å²) in [6, 6.07) is 2.90. The van der Waals surface area contributed by atoms with Gasteiger partial charge in [-0.3, -0.25) is 9.59 Å². The van der Waals surface area contributed by atoms with Crippen molar-refractivity contribution in [3.05, 3.63) is 50.3 Å². The Morgan fingerprint density at radius 2 is 2.33 bits per heavy atom. The number of aromatic amines is 1. The summed E-state index contributed by atoms with van der Waals surface area (Å²) in [6.07, 6.45) is 1.47. The van der Waals surface area contributed by atoms with Gasteiger partial charge in [-0.15, -0.1) is 11.3 Å². The van der Waals surface area contributed by atoms with Gasteiger partial charge in [-0.25, -0.2) is 4.98 Å². The number of aryl methyl sites for hydroxylation is 1. The van der Waals surface area contributed by atoms with Gasteiger partial charge in [0.25, 0.3) is 5.91 Å². The summed E-state index contributed by atoms with van der Waals surface area (Å²) in [7, 11) is 1.71. The molecule has 5 nitrogen and oxygen atoms in total. The van der Waals surface area contributed by atoms with Gasteiger partial charge in [-0.05, 0) is 13.0 Å². The van der Waals surface area contributed by atoms with E-state index in [2.05, 4.69) is 9.97 Å². The lowest BCUT2D eigenvalue weighted by Gasteiger charge is -2.16. The first-order chi connectivity index (χ1) is 8.58. The number of nitrogens with one attached hydrogen (secondary N) is 1. The molecule has 0 spiro atoms. The van der Waals surface area contributed by atoms with Gasteiger partial charge < -0.3 is 9.88 Å². The lowest BCUT2D eigenvalue weighted by Crippen LogP contribution is -2.27. The molecular formula is C12H13N3O2S. The molecular weight excluding hydrogens is 250 g/mol. The maximum absolute atomic E-state index is 12.1. The molecule has 18 heavy (non-hydrogen) atoms. The Hall–Kier alpha value is -1.95. The maximum Gasteiger partial charge on any atom is 0.254 e. The monoisotopic (exact) mass is 263 g/mol. The first-order valence-corrected chi connectivity index (χ1v) is 6.29. The van der Waals surface area contributed by atoms with Crippen LogP contribution >= 0.6 is 11.3 Å². The molecule has 0 radical (unpaired) electrons. The predicted octanol–water partition coefficient (Wildman–Crippen LogP) is 1.41. The highest BCUT2D eigenvalue weighted by Crippen LogP contribution is 2.15. The number of hydrogen-bond donors (Lipinski definition) is 1. The van der Waals surface area contributed by atoms with Crippen LogP contribution in [0.25, 0.3) is 0 Å². The van der Waals surface area contributed by atoms with Crippen LogP contribution < -0.4 is 5.56 Å². The largest absolute Gasteiger partial charge is 0.336 e. The smallest absolute Gasteiger partial charge is 0.254 e. The van der Waals surface area contributed by atoms with Crippen LogP contribution in [-0.4, -0.2) is 27.8 Å².